The third-order valence-corrected chi connectivity index (χ3v) is 3.78. The maximum atomic E-state index is 4.48. The van der Waals surface area contributed by atoms with Gasteiger partial charge in [-0.2, -0.15) is 14.6 Å². The van der Waals surface area contributed by atoms with E-state index in [0.717, 1.165) is 18.8 Å². The van der Waals surface area contributed by atoms with Gasteiger partial charge >= 0.3 is 0 Å². The highest BCUT2D eigenvalue weighted by molar-refractivity contribution is 5.53. The van der Waals surface area contributed by atoms with E-state index >= 15 is 0 Å². The summed E-state index contributed by atoms with van der Waals surface area (Å²) in [5.74, 6) is 1.88. The molecule has 5 heteroatoms. The predicted molar refractivity (Wildman–Crippen MR) is 70.9 cm³/mol. The number of anilines is 1. The van der Waals surface area contributed by atoms with E-state index in [9.17, 15) is 0 Å². The molecule has 1 aliphatic rings. The molecule has 0 amide bonds. The Morgan fingerprint density at radius 2 is 1.78 bits per heavy atom. The molecular weight excluding hydrogens is 226 g/mol. The molecule has 0 radical (unpaired) electrons. The Morgan fingerprint density at radius 3 is 2.50 bits per heavy atom. The van der Waals surface area contributed by atoms with Crippen LogP contribution in [0.3, 0.4) is 0 Å². The molecule has 1 saturated heterocycles. The average Bonchev–Trinajstić information content (AvgIpc) is 2.64. The lowest BCUT2D eigenvalue weighted by atomic mass is 10.2. The molecule has 2 aromatic rings. The van der Waals surface area contributed by atoms with Gasteiger partial charge in [0.2, 0.25) is 0 Å². The fourth-order valence-corrected chi connectivity index (χ4v) is 2.67. The normalized spacial score (nSPS) is 17.1. The first-order valence-corrected chi connectivity index (χ1v) is 6.69. The first kappa shape index (κ1) is 11.4. The van der Waals surface area contributed by atoms with Crippen LogP contribution in [0.1, 0.15) is 36.9 Å². The van der Waals surface area contributed by atoms with E-state index in [1.54, 1.807) is 6.33 Å². The monoisotopic (exact) mass is 245 g/mol. The van der Waals surface area contributed by atoms with Gasteiger partial charge in [0.15, 0.2) is 0 Å². The van der Waals surface area contributed by atoms with E-state index in [-0.39, 0.29) is 0 Å². The Balaban J connectivity index is 2.13. The van der Waals surface area contributed by atoms with Gasteiger partial charge in [-0.3, -0.25) is 0 Å². The average molecular weight is 245 g/mol. The predicted octanol–water partition coefficient (Wildman–Crippen LogP) is 2.12. The summed E-state index contributed by atoms with van der Waals surface area (Å²) in [5.41, 5.74) is 2.27. The first-order valence-electron chi connectivity index (χ1n) is 6.69. The molecule has 0 N–H and O–H groups in total. The van der Waals surface area contributed by atoms with Crippen LogP contribution < -0.4 is 4.90 Å². The lowest BCUT2D eigenvalue weighted by molar-refractivity contribution is 0.726. The summed E-state index contributed by atoms with van der Waals surface area (Å²) < 4.78 is 1.88. The minimum absolute atomic E-state index is 0.706. The topological polar surface area (TPSA) is 46.3 Å². The molecule has 1 fully saturated rings. The van der Waals surface area contributed by atoms with Crippen molar-refractivity contribution in [3.63, 3.8) is 0 Å². The van der Waals surface area contributed by atoms with Crippen LogP contribution in [0.4, 0.5) is 5.82 Å². The molecule has 18 heavy (non-hydrogen) atoms. The summed E-state index contributed by atoms with van der Waals surface area (Å²) >= 11 is 0. The molecule has 0 saturated carbocycles. The zero-order valence-corrected chi connectivity index (χ0v) is 11.1. The van der Waals surface area contributed by atoms with Crippen molar-refractivity contribution < 1.29 is 0 Å². The summed E-state index contributed by atoms with van der Waals surface area (Å²) in [6.45, 7) is 6.40. The largest absolute Gasteiger partial charge is 0.356 e. The van der Waals surface area contributed by atoms with Crippen molar-refractivity contribution >= 4 is 11.6 Å². The van der Waals surface area contributed by atoms with Crippen LogP contribution in [0.25, 0.3) is 5.78 Å². The quantitative estimate of drug-likeness (QED) is 0.772. The Morgan fingerprint density at radius 1 is 1.06 bits per heavy atom. The standard InChI is InChI=1S/C13H19N5/c1-10-11(2)16-13-14-9-15-18(13)12(10)17-7-5-3-4-6-8-17/h9H,3-8H2,1-2H3. The van der Waals surface area contributed by atoms with Crippen LogP contribution in [-0.2, 0) is 0 Å². The minimum Gasteiger partial charge on any atom is -0.356 e. The highest BCUT2D eigenvalue weighted by Crippen LogP contribution is 2.24. The first-order chi connectivity index (χ1) is 8.77. The molecule has 5 nitrogen and oxygen atoms in total. The van der Waals surface area contributed by atoms with Gasteiger partial charge in [0.1, 0.15) is 12.1 Å². The zero-order chi connectivity index (χ0) is 12.5. The SMILES string of the molecule is Cc1nc2ncnn2c(N2CCCCCC2)c1C. The maximum absolute atomic E-state index is 4.48. The summed E-state index contributed by atoms with van der Waals surface area (Å²) in [6, 6.07) is 0. The molecular formula is C13H19N5. The molecule has 2 aromatic heterocycles. The van der Waals surface area contributed by atoms with Gasteiger partial charge in [0.25, 0.3) is 5.78 Å². The number of aryl methyl sites for hydroxylation is 1. The van der Waals surface area contributed by atoms with Gasteiger partial charge < -0.3 is 4.90 Å². The lowest BCUT2D eigenvalue weighted by Gasteiger charge is -2.25. The number of aromatic nitrogens is 4. The Hall–Kier alpha value is -1.65. The van der Waals surface area contributed by atoms with Crippen molar-refractivity contribution in [2.45, 2.75) is 39.5 Å². The molecule has 96 valence electrons. The smallest absolute Gasteiger partial charge is 0.254 e. The van der Waals surface area contributed by atoms with Gasteiger partial charge in [-0.05, 0) is 26.7 Å². The minimum atomic E-state index is 0.706. The molecule has 0 aromatic carbocycles. The second-order valence-electron chi connectivity index (χ2n) is 5.02. The molecule has 0 atom stereocenters. The third-order valence-electron chi connectivity index (χ3n) is 3.78. The molecule has 0 unspecified atom stereocenters. The van der Waals surface area contributed by atoms with E-state index in [1.165, 1.54) is 37.1 Å². The fraction of sp³-hybridized carbons (Fsp3) is 0.615. The fourth-order valence-electron chi connectivity index (χ4n) is 2.67. The van der Waals surface area contributed by atoms with Crippen molar-refractivity contribution in [1.29, 1.82) is 0 Å². The van der Waals surface area contributed by atoms with E-state index in [0.29, 0.717) is 5.78 Å². The maximum Gasteiger partial charge on any atom is 0.254 e. The Bertz CT molecular complexity index is 552. The van der Waals surface area contributed by atoms with Crippen LogP contribution in [-0.4, -0.2) is 32.7 Å². The van der Waals surface area contributed by atoms with Gasteiger partial charge in [-0.1, -0.05) is 12.8 Å². The van der Waals surface area contributed by atoms with E-state index in [1.807, 2.05) is 11.4 Å². The van der Waals surface area contributed by atoms with Crippen LogP contribution in [0, 0.1) is 13.8 Å². The zero-order valence-electron chi connectivity index (χ0n) is 11.1. The summed E-state index contributed by atoms with van der Waals surface area (Å²) in [7, 11) is 0. The van der Waals surface area contributed by atoms with Crippen LogP contribution in [0.15, 0.2) is 6.33 Å². The van der Waals surface area contributed by atoms with E-state index < -0.39 is 0 Å². The Kier molecular flexibility index (Phi) is 2.89. The van der Waals surface area contributed by atoms with Gasteiger partial charge in [-0.15, -0.1) is 0 Å². The van der Waals surface area contributed by atoms with Gasteiger partial charge in [-0.25, -0.2) is 4.98 Å². The number of rotatable bonds is 1. The lowest BCUT2D eigenvalue weighted by Crippen LogP contribution is -2.28. The Labute approximate surface area is 107 Å². The van der Waals surface area contributed by atoms with E-state index in [2.05, 4.69) is 26.9 Å². The van der Waals surface area contributed by atoms with Crippen LogP contribution in [0.5, 0.6) is 0 Å². The molecule has 0 spiro atoms. The highest BCUT2D eigenvalue weighted by Gasteiger charge is 2.18. The van der Waals surface area contributed by atoms with Crippen LogP contribution >= 0.6 is 0 Å². The molecule has 0 aliphatic carbocycles. The number of hydrogen-bond donors (Lipinski definition) is 0. The molecule has 0 bridgehead atoms. The van der Waals surface area contributed by atoms with Gasteiger partial charge in [0.05, 0.1) is 0 Å². The second-order valence-corrected chi connectivity index (χ2v) is 5.02. The van der Waals surface area contributed by atoms with E-state index in [4.69, 9.17) is 0 Å². The number of nitrogens with zero attached hydrogens (tertiary/aromatic N) is 5. The highest BCUT2D eigenvalue weighted by atomic mass is 15.4. The third kappa shape index (κ3) is 1.83. The second kappa shape index (κ2) is 4.55. The molecule has 1 aliphatic heterocycles. The van der Waals surface area contributed by atoms with Crippen LogP contribution in [0.2, 0.25) is 0 Å². The van der Waals surface area contributed by atoms with Crippen molar-refractivity contribution in [2.75, 3.05) is 18.0 Å². The van der Waals surface area contributed by atoms with Crippen molar-refractivity contribution in [2.24, 2.45) is 0 Å². The van der Waals surface area contributed by atoms with Crippen molar-refractivity contribution in [3.05, 3.63) is 17.6 Å². The molecule has 3 heterocycles. The molecule has 3 rings (SSSR count). The van der Waals surface area contributed by atoms with Crippen molar-refractivity contribution in [3.8, 4) is 0 Å². The summed E-state index contributed by atoms with van der Waals surface area (Å²) in [6.07, 6.45) is 6.77. The summed E-state index contributed by atoms with van der Waals surface area (Å²) in [5, 5.41) is 4.33. The number of hydrogen-bond acceptors (Lipinski definition) is 4. The summed E-state index contributed by atoms with van der Waals surface area (Å²) in [4.78, 5) is 11.1. The van der Waals surface area contributed by atoms with Crippen molar-refractivity contribution in [1.82, 2.24) is 19.6 Å². The number of fused-ring (bicyclic) bond motifs is 1. The van der Waals surface area contributed by atoms with Gasteiger partial charge in [0, 0.05) is 24.3 Å².